The van der Waals surface area contributed by atoms with Crippen LogP contribution in [0.5, 0.6) is 0 Å². The number of oxazole rings is 1. The average molecular weight is 519 g/mol. The van der Waals surface area contributed by atoms with Gasteiger partial charge in [0.1, 0.15) is 17.5 Å². The van der Waals surface area contributed by atoms with E-state index in [1.54, 1.807) is 19.3 Å². The first-order valence-electron chi connectivity index (χ1n) is 10.7. The number of nitrogens with one attached hydrogen (secondary N) is 3. The highest BCUT2D eigenvalue weighted by Crippen LogP contribution is 2.39. The number of hydrogen-bond donors (Lipinski definition) is 3. The Kier molecular flexibility index (Phi) is 6.33. The van der Waals surface area contributed by atoms with E-state index < -0.39 is 11.7 Å². The molecule has 0 saturated carbocycles. The third kappa shape index (κ3) is 5.29. The van der Waals surface area contributed by atoms with Gasteiger partial charge in [0.25, 0.3) is 5.91 Å². The number of piperidine rings is 1. The Morgan fingerprint density at radius 2 is 2.15 bits per heavy atom. The van der Waals surface area contributed by atoms with Gasteiger partial charge in [-0.3, -0.25) is 4.79 Å². The zero-order valence-corrected chi connectivity index (χ0v) is 20.6. The number of carbonyl (C=O) groups excluding carboxylic acids is 2. The summed E-state index contributed by atoms with van der Waals surface area (Å²) in [6, 6.07) is -0.0706. The van der Waals surface area contributed by atoms with Crippen LogP contribution in [0.1, 0.15) is 50.0 Å². The van der Waals surface area contributed by atoms with Gasteiger partial charge in [0, 0.05) is 38.4 Å². The van der Waals surface area contributed by atoms with Crippen molar-refractivity contribution >= 4 is 50.3 Å². The summed E-state index contributed by atoms with van der Waals surface area (Å²) < 4.78 is 11.4. The number of aryl methyl sites for hydroxylation is 1. The minimum atomic E-state index is -0.556. The van der Waals surface area contributed by atoms with Crippen LogP contribution in [0.4, 0.5) is 16.2 Å². The number of carbonyl (C=O) groups is 2. The van der Waals surface area contributed by atoms with E-state index >= 15 is 0 Å². The van der Waals surface area contributed by atoms with E-state index in [0.717, 1.165) is 34.9 Å². The zero-order chi connectivity index (χ0) is 23.8. The minimum absolute atomic E-state index is 0.0706. The maximum atomic E-state index is 12.7. The van der Waals surface area contributed by atoms with E-state index in [2.05, 4.69) is 46.4 Å². The van der Waals surface area contributed by atoms with Crippen molar-refractivity contribution in [1.82, 2.24) is 20.3 Å². The second-order valence-electron chi connectivity index (χ2n) is 9.02. The number of aromatic nitrogens is 3. The fourth-order valence-corrected chi connectivity index (χ4v) is 4.44. The largest absolute Gasteiger partial charge is 0.448 e. The molecule has 0 aliphatic carbocycles. The second kappa shape index (κ2) is 9.05. The number of aromatic amines is 1. The van der Waals surface area contributed by atoms with Crippen molar-refractivity contribution < 1.29 is 18.7 Å². The molecule has 33 heavy (non-hydrogen) atoms. The van der Waals surface area contributed by atoms with Crippen molar-refractivity contribution in [3.63, 3.8) is 0 Å². The summed E-state index contributed by atoms with van der Waals surface area (Å²) in [5, 5.41) is 6.65. The fraction of sp³-hybridized carbons (Fsp3) is 0.455. The van der Waals surface area contributed by atoms with E-state index in [1.807, 2.05) is 20.8 Å². The Labute approximate surface area is 199 Å². The minimum Gasteiger partial charge on any atom is -0.448 e. The second-order valence-corrected chi connectivity index (χ2v) is 9.87. The van der Waals surface area contributed by atoms with Crippen LogP contribution in [-0.4, -0.2) is 51.7 Å². The summed E-state index contributed by atoms with van der Waals surface area (Å²) in [5.74, 6) is 0.0443. The maximum Gasteiger partial charge on any atom is 0.407 e. The van der Waals surface area contributed by atoms with Gasteiger partial charge in [0.05, 0.1) is 21.2 Å². The van der Waals surface area contributed by atoms with Crippen LogP contribution < -0.4 is 15.5 Å². The summed E-state index contributed by atoms with van der Waals surface area (Å²) >= 11 is 3.63. The standard InChI is InChI=1S/C22H27BrN6O4/c1-12-26-16(11-32-12)20(30)28-15-9-25-19-17(15)18(14(23)8-24-19)29-7-5-6-13(10-29)27-21(31)33-22(2,3)4/h8-9,11,13H,5-7,10H2,1-4H3,(H,24,25)(H,27,31)(H,28,30)/t13-/m1/s1. The Balaban J connectivity index is 1.59. The molecule has 1 atom stereocenters. The molecule has 1 saturated heterocycles. The van der Waals surface area contributed by atoms with Crippen molar-refractivity contribution in [1.29, 1.82) is 0 Å². The van der Waals surface area contributed by atoms with Gasteiger partial charge in [-0.1, -0.05) is 0 Å². The number of fused-ring (bicyclic) bond motifs is 1. The number of amides is 2. The first kappa shape index (κ1) is 23.1. The van der Waals surface area contributed by atoms with Gasteiger partial charge >= 0.3 is 6.09 Å². The summed E-state index contributed by atoms with van der Waals surface area (Å²) in [5.41, 5.74) is 1.76. The van der Waals surface area contributed by atoms with Crippen molar-refractivity contribution in [2.45, 2.75) is 52.2 Å². The zero-order valence-electron chi connectivity index (χ0n) is 19.0. The molecule has 1 fully saturated rings. The molecule has 1 aliphatic heterocycles. The number of pyridine rings is 1. The number of nitrogens with zero attached hydrogens (tertiary/aromatic N) is 3. The average Bonchev–Trinajstić information content (AvgIpc) is 3.33. The predicted molar refractivity (Wildman–Crippen MR) is 128 cm³/mol. The summed E-state index contributed by atoms with van der Waals surface area (Å²) in [6.07, 6.45) is 6.08. The smallest absolute Gasteiger partial charge is 0.407 e. The molecule has 4 rings (SSSR count). The van der Waals surface area contributed by atoms with Gasteiger partial charge in [0.15, 0.2) is 11.6 Å². The summed E-state index contributed by atoms with van der Waals surface area (Å²) in [6.45, 7) is 8.59. The highest BCUT2D eigenvalue weighted by atomic mass is 79.9. The molecular weight excluding hydrogens is 492 g/mol. The lowest BCUT2D eigenvalue weighted by molar-refractivity contribution is 0.0500. The van der Waals surface area contributed by atoms with Gasteiger partial charge in [-0.25, -0.2) is 14.8 Å². The van der Waals surface area contributed by atoms with E-state index in [0.29, 0.717) is 23.8 Å². The molecular formula is C22H27BrN6O4. The number of ether oxygens (including phenoxy) is 1. The van der Waals surface area contributed by atoms with Gasteiger partial charge in [0.2, 0.25) is 0 Å². The molecule has 3 N–H and O–H groups in total. The molecule has 3 aromatic heterocycles. The lowest BCUT2D eigenvalue weighted by Crippen LogP contribution is -2.49. The third-order valence-electron chi connectivity index (χ3n) is 5.19. The van der Waals surface area contributed by atoms with Crippen LogP contribution in [0.15, 0.2) is 27.5 Å². The third-order valence-corrected chi connectivity index (χ3v) is 5.77. The summed E-state index contributed by atoms with van der Waals surface area (Å²) in [4.78, 5) is 38.8. The number of halogens is 1. The molecule has 2 amide bonds. The highest BCUT2D eigenvalue weighted by Gasteiger charge is 2.28. The monoisotopic (exact) mass is 518 g/mol. The Morgan fingerprint density at radius 1 is 1.36 bits per heavy atom. The molecule has 0 radical (unpaired) electrons. The Morgan fingerprint density at radius 3 is 2.85 bits per heavy atom. The van der Waals surface area contributed by atoms with Gasteiger partial charge in [-0.05, 0) is 49.5 Å². The van der Waals surface area contributed by atoms with E-state index in [9.17, 15) is 9.59 Å². The van der Waals surface area contributed by atoms with E-state index in [1.165, 1.54) is 6.26 Å². The highest BCUT2D eigenvalue weighted by molar-refractivity contribution is 9.10. The lowest BCUT2D eigenvalue weighted by Gasteiger charge is -2.36. The topological polar surface area (TPSA) is 125 Å². The molecule has 0 bridgehead atoms. The Hall–Kier alpha value is -3.08. The van der Waals surface area contributed by atoms with Crippen LogP contribution in [0, 0.1) is 6.92 Å². The van der Waals surface area contributed by atoms with Gasteiger partial charge in [-0.15, -0.1) is 0 Å². The van der Waals surface area contributed by atoms with Crippen LogP contribution in [-0.2, 0) is 4.74 Å². The predicted octanol–water partition coefficient (Wildman–Crippen LogP) is 4.37. The fourth-order valence-electron chi connectivity index (χ4n) is 3.89. The Bertz CT molecular complexity index is 1180. The number of hydrogen-bond acceptors (Lipinski definition) is 7. The molecule has 176 valence electrons. The number of rotatable bonds is 4. The first-order chi connectivity index (χ1) is 15.6. The normalized spacial score (nSPS) is 16.6. The maximum absolute atomic E-state index is 12.7. The van der Waals surface area contributed by atoms with Crippen LogP contribution in [0.2, 0.25) is 0 Å². The molecule has 10 nitrogen and oxygen atoms in total. The van der Waals surface area contributed by atoms with Crippen molar-refractivity contribution in [2.24, 2.45) is 0 Å². The van der Waals surface area contributed by atoms with E-state index in [-0.39, 0.29) is 17.6 Å². The molecule has 0 unspecified atom stereocenters. The van der Waals surface area contributed by atoms with E-state index in [4.69, 9.17) is 9.15 Å². The van der Waals surface area contributed by atoms with Crippen LogP contribution >= 0.6 is 15.9 Å². The number of H-pyrrole nitrogens is 1. The van der Waals surface area contributed by atoms with Crippen molar-refractivity contribution in [2.75, 3.05) is 23.3 Å². The van der Waals surface area contributed by atoms with Crippen LogP contribution in [0.3, 0.4) is 0 Å². The summed E-state index contributed by atoms with van der Waals surface area (Å²) in [7, 11) is 0. The molecule has 1 aliphatic rings. The molecule has 3 aromatic rings. The lowest BCUT2D eigenvalue weighted by atomic mass is 10.0. The van der Waals surface area contributed by atoms with Crippen LogP contribution in [0.25, 0.3) is 11.0 Å². The first-order valence-corrected chi connectivity index (χ1v) is 11.5. The molecule has 0 spiro atoms. The van der Waals surface area contributed by atoms with Crippen molar-refractivity contribution in [3.05, 3.63) is 34.7 Å². The molecule has 0 aromatic carbocycles. The quantitative estimate of drug-likeness (QED) is 0.468. The van der Waals surface area contributed by atoms with Gasteiger partial charge < -0.3 is 29.7 Å². The van der Waals surface area contributed by atoms with Crippen molar-refractivity contribution in [3.8, 4) is 0 Å². The number of alkyl carbamates (subject to hydrolysis) is 1. The van der Waals surface area contributed by atoms with Gasteiger partial charge in [-0.2, -0.15) is 0 Å². The SMILES string of the molecule is Cc1nc(C(=O)Nc2c[nH]c3ncc(Br)c(N4CCC[C@@H](NC(=O)OC(C)(C)C)C4)c23)co1. The molecule has 4 heterocycles. The molecule has 11 heteroatoms. The number of anilines is 2.